The highest BCUT2D eigenvalue weighted by Gasteiger charge is 2.47. The summed E-state index contributed by atoms with van der Waals surface area (Å²) >= 11 is 1.92. The van der Waals surface area contributed by atoms with Gasteiger partial charge in [-0.2, -0.15) is 15.3 Å². The van der Waals surface area contributed by atoms with Gasteiger partial charge < -0.3 is 0 Å². The van der Waals surface area contributed by atoms with Crippen molar-refractivity contribution in [3.8, 4) is 17.2 Å². The van der Waals surface area contributed by atoms with Gasteiger partial charge in [-0.1, -0.05) is 11.9 Å². The monoisotopic (exact) mass is 434 g/mol. The van der Waals surface area contributed by atoms with Gasteiger partial charge in [-0.25, -0.2) is 8.82 Å². The van der Waals surface area contributed by atoms with E-state index in [1.165, 1.54) is 12.8 Å². The van der Waals surface area contributed by atoms with Gasteiger partial charge in [0, 0.05) is 47.8 Å². The Morgan fingerprint density at radius 3 is 2.90 bits per heavy atom. The molecule has 3 fully saturated rings. The molecule has 10 heteroatoms. The number of nitrogens with one attached hydrogen (secondary N) is 1. The quantitative estimate of drug-likeness (QED) is 0.570. The molecule has 31 heavy (non-hydrogen) atoms. The lowest BCUT2D eigenvalue weighted by atomic mass is 9.89. The summed E-state index contributed by atoms with van der Waals surface area (Å²) in [4.78, 5) is 16.6. The van der Waals surface area contributed by atoms with E-state index in [1.54, 1.807) is 4.52 Å². The minimum absolute atomic E-state index is 0.0117. The molecule has 3 aliphatic rings. The molecule has 0 aromatic carbocycles. The Balaban J connectivity index is 1.27. The number of carbonyl (C=O) groups excluding carboxylic acids is 1. The lowest BCUT2D eigenvalue weighted by molar-refractivity contribution is -0.117. The first-order chi connectivity index (χ1) is 15.1. The van der Waals surface area contributed by atoms with Crippen molar-refractivity contribution in [1.29, 1.82) is 5.26 Å². The Labute approximate surface area is 183 Å². The maximum Gasteiger partial charge on any atom is 0.249 e. The van der Waals surface area contributed by atoms with E-state index in [0.717, 1.165) is 42.3 Å². The fourth-order valence-electron chi connectivity index (χ4n) is 4.02. The molecule has 0 atom stereocenters. The maximum atomic E-state index is 12.1. The van der Waals surface area contributed by atoms with E-state index < -0.39 is 0 Å². The highest BCUT2D eigenvalue weighted by molar-refractivity contribution is 7.97. The van der Waals surface area contributed by atoms with Gasteiger partial charge in [-0.15, -0.1) is 5.10 Å². The summed E-state index contributed by atoms with van der Waals surface area (Å²) in [6, 6.07) is 6.23. The second-order valence-electron chi connectivity index (χ2n) is 8.72. The van der Waals surface area contributed by atoms with Gasteiger partial charge in [-0.3, -0.25) is 14.8 Å². The summed E-state index contributed by atoms with van der Waals surface area (Å²) in [7, 11) is 0. The van der Waals surface area contributed by atoms with Gasteiger partial charge in [0.15, 0.2) is 5.65 Å². The van der Waals surface area contributed by atoms with E-state index in [1.807, 2.05) is 47.4 Å². The molecular formula is C21H22N8OS. The number of hydrogen-bond donors (Lipinski definition) is 1. The highest BCUT2D eigenvalue weighted by atomic mass is 32.2. The maximum absolute atomic E-state index is 12.1. The summed E-state index contributed by atoms with van der Waals surface area (Å²) in [5, 5.41) is 22.0. The van der Waals surface area contributed by atoms with Gasteiger partial charge in [0.1, 0.15) is 5.54 Å². The number of anilines is 1. The fraction of sp³-hybridized carbons (Fsp3) is 0.476. The van der Waals surface area contributed by atoms with Crippen molar-refractivity contribution in [2.75, 3.05) is 18.4 Å². The average molecular weight is 435 g/mol. The van der Waals surface area contributed by atoms with Crippen LogP contribution in [-0.4, -0.2) is 52.9 Å². The number of carbonyl (C=O) groups is 1. The van der Waals surface area contributed by atoms with Crippen molar-refractivity contribution >= 4 is 29.5 Å². The van der Waals surface area contributed by atoms with Crippen molar-refractivity contribution in [1.82, 2.24) is 28.7 Å². The third-order valence-corrected chi connectivity index (χ3v) is 7.42. The molecule has 0 spiro atoms. The van der Waals surface area contributed by atoms with Crippen LogP contribution in [0.4, 0.5) is 5.95 Å². The molecule has 0 radical (unpaired) electrons. The lowest BCUT2D eigenvalue weighted by Crippen LogP contribution is -2.60. The van der Waals surface area contributed by atoms with Crippen molar-refractivity contribution < 1.29 is 4.79 Å². The van der Waals surface area contributed by atoms with Crippen LogP contribution < -0.4 is 5.32 Å². The molecule has 158 valence electrons. The summed E-state index contributed by atoms with van der Waals surface area (Å²) in [5.74, 6) is 0.410. The van der Waals surface area contributed by atoms with Gasteiger partial charge in [0.05, 0.1) is 18.7 Å². The smallest absolute Gasteiger partial charge is 0.249 e. The van der Waals surface area contributed by atoms with Crippen LogP contribution in [0, 0.1) is 17.2 Å². The molecule has 0 bridgehead atoms. The summed E-state index contributed by atoms with van der Waals surface area (Å²) in [6.07, 6.45) is 10.5. The number of rotatable bonds is 7. The zero-order valence-electron chi connectivity index (χ0n) is 16.9. The van der Waals surface area contributed by atoms with E-state index in [0.29, 0.717) is 18.0 Å². The molecule has 1 aliphatic heterocycles. The van der Waals surface area contributed by atoms with E-state index >= 15 is 0 Å². The second kappa shape index (κ2) is 7.07. The number of hydrogen-bond acceptors (Lipinski definition) is 7. The first kappa shape index (κ1) is 18.8. The Bertz CT molecular complexity index is 1200. The predicted octanol–water partition coefficient (Wildman–Crippen LogP) is 2.68. The second-order valence-corrected chi connectivity index (χ2v) is 10.1. The van der Waals surface area contributed by atoms with E-state index in [9.17, 15) is 10.1 Å². The molecule has 6 rings (SSSR count). The topological polar surface area (TPSA) is 104 Å². The number of pyridine rings is 1. The Morgan fingerprint density at radius 1 is 1.32 bits per heavy atom. The molecular weight excluding hydrogens is 412 g/mol. The molecule has 1 saturated heterocycles. The molecule has 2 aliphatic carbocycles. The van der Waals surface area contributed by atoms with Crippen molar-refractivity contribution in [2.24, 2.45) is 5.92 Å². The summed E-state index contributed by atoms with van der Waals surface area (Å²) in [6.45, 7) is 1.66. The molecule has 3 aromatic rings. The average Bonchev–Trinajstić information content (AvgIpc) is 3.65. The Morgan fingerprint density at radius 2 is 2.16 bits per heavy atom. The summed E-state index contributed by atoms with van der Waals surface area (Å²) < 4.78 is 5.98. The SMILES string of the molecule is N#CCC1(n2cc(-c3cccn4nc(NC(=O)C5CC5)nc34)cn2)CN(SC2CC2)C1. The van der Waals surface area contributed by atoms with Gasteiger partial charge in [0.25, 0.3) is 0 Å². The Hall–Kier alpha value is -2.90. The molecule has 4 heterocycles. The highest BCUT2D eigenvalue weighted by Crippen LogP contribution is 2.44. The lowest BCUT2D eigenvalue weighted by Gasteiger charge is -2.48. The standard InChI is InChI=1S/C21H22N8OS/c22-8-7-21(12-27(13-21)31-16-5-6-16)29-11-15(10-23-29)17-2-1-9-28-18(17)24-20(26-28)25-19(30)14-3-4-14/h1-2,9-11,14,16H,3-7,12-13H2,(H,25,26,30). The molecule has 1 amide bonds. The third-order valence-electron chi connectivity index (χ3n) is 6.10. The van der Waals surface area contributed by atoms with Crippen molar-refractivity contribution in [2.45, 2.75) is 42.9 Å². The van der Waals surface area contributed by atoms with Crippen LogP contribution in [0.15, 0.2) is 30.7 Å². The molecule has 9 nitrogen and oxygen atoms in total. The number of nitriles is 1. The van der Waals surface area contributed by atoms with Crippen LogP contribution in [0.2, 0.25) is 0 Å². The van der Waals surface area contributed by atoms with Crippen LogP contribution in [0.3, 0.4) is 0 Å². The summed E-state index contributed by atoms with van der Waals surface area (Å²) in [5.41, 5.74) is 2.20. The number of fused-ring (bicyclic) bond motifs is 1. The zero-order chi connectivity index (χ0) is 21.0. The number of nitrogens with zero attached hydrogens (tertiary/aromatic N) is 7. The molecule has 3 aromatic heterocycles. The van der Waals surface area contributed by atoms with E-state index in [-0.39, 0.29) is 17.4 Å². The van der Waals surface area contributed by atoms with Crippen LogP contribution >= 0.6 is 11.9 Å². The Kier molecular flexibility index (Phi) is 4.30. The van der Waals surface area contributed by atoms with Gasteiger partial charge in [-0.05, 0) is 37.8 Å². The van der Waals surface area contributed by atoms with E-state index in [4.69, 9.17) is 0 Å². The zero-order valence-corrected chi connectivity index (χ0v) is 17.8. The van der Waals surface area contributed by atoms with Gasteiger partial charge >= 0.3 is 0 Å². The normalized spacial score (nSPS) is 20.4. The van der Waals surface area contributed by atoms with Crippen LogP contribution in [-0.2, 0) is 10.3 Å². The fourth-order valence-corrected chi connectivity index (χ4v) is 5.42. The van der Waals surface area contributed by atoms with Crippen molar-refractivity contribution in [3.63, 3.8) is 0 Å². The minimum atomic E-state index is -0.281. The number of aromatic nitrogens is 5. The first-order valence-electron chi connectivity index (χ1n) is 10.6. The third kappa shape index (κ3) is 3.47. The van der Waals surface area contributed by atoms with Gasteiger partial charge in [0.2, 0.25) is 11.9 Å². The van der Waals surface area contributed by atoms with Crippen LogP contribution in [0.5, 0.6) is 0 Å². The van der Waals surface area contributed by atoms with Crippen LogP contribution in [0.1, 0.15) is 32.1 Å². The largest absolute Gasteiger partial charge is 0.293 e. The first-order valence-corrected chi connectivity index (χ1v) is 11.5. The minimum Gasteiger partial charge on any atom is -0.293 e. The molecule has 0 unspecified atom stereocenters. The molecule has 2 saturated carbocycles. The van der Waals surface area contributed by atoms with Crippen molar-refractivity contribution in [3.05, 3.63) is 30.7 Å². The molecule has 1 N–H and O–H groups in total. The van der Waals surface area contributed by atoms with E-state index in [2.05, 4.69) is 30.9 Å². The number of amides is 1. The predicted molar refractivity (Wildman–Crippen MR) is 116 cm³/mol. The van der Waals surface area contributed by atoms with Crippen LogP contribution in [0.25, 0.3) is 16.8 Å².